The molecular formula is C66H128O6. The van der Waals surface area contributed by atoms with Crippen LogP contribution in [-0.4, -0.2) is 37.2 Å². The molecule has 0 radical (unpaired) electrons. The van der Waals surface area contributed by atoms with Crippen molar-refractivity contribution in [3.8, 4) is 0 Å². The molecule has 0 saturated heterocycles. The molecule has 72 heavy (non-hydrogen) atoms. The highest BCUT2D eigenvalue weighted by molar-refractivity contribution is 5.71. The highest BCUT2D eigenvalue weighted by Gasteiger charge is 2.19. The van der Waals surface area contributed by atoms with E-state index in [9.17, 15) is 14.4 Å². The first-order chi connectivity index (χ1) is 35.1. The van der Waals surface area contributed by atoms with Crippen molar-refractivity contribution >= 4 is 17.9 Å². The normalized spacial score (nSPS) is 12.5. The van der Waals surface area contributed by atoms with Crippen molar-refractivity contribution in [1.82, 2.24) is 0 Å². The van der Waals surface area contributed by atoms with Gasteiger partial charge >= 0.3 is 17.9 Å². The third-order valence-corrected chi connectivity index (χ3v) is 15.5. The van der Waals surface area contributed by atoms with Crippen LogP contribution >= 0.6 is 0 Å². The van der Waals surface area contributed by atoms with Crippen LogP contribution in [0.25, 0.3) is 0 Å². The fourth-order valence-corrected chi connectivity index (χ4v) is 10.2. The van der Waals surface area contributed by atoms with Gasteiger partial charge in [0, 0.05) is 19.3 Å². The van der Waals surface area contributed by atoms with Crippen molar-refractivity contribution < 1.29 is 28.6 Å². The lowest BCUT2D eigenvalue weighted by atomic mass is 9.99. The van der Waals surface area contributed by atoms with Crippen LogP contribution in [0.15, 0.2) is 0 Å². The Morgan fingerprint density at radius 1 is 0.278 bits per heavy atom. The van der Waals surface area contributed by atoms with Gasteiger partial charge in [-0.3, -0.25) is 14.4 Å². The van der Waals surface area contributed by atoms with Gasteiger partial charge in [0.05, 0.1) is 0 Å². The number of ether oxygens (including phenoxy) is 3. The van der Waals surface area contributed by atoms with Gasteiger partial charge in [0.15, 0.2) is 6.10 Å². The van der Waals surface area contributed by atoms with Gasteiger partial charge in [0.25, 0.3) is 0 Å². The smallest absolute Gasteiger partial charge is 0.306 e. The number of carbonyl (C=O) groups excluding carboxylic acids is 3. The zero-order chi connectivity index (χ0) is 52.6. The van der Waals surface area contributed by atoms with E-state index in [1.165, 1.54) is 250 Å². The Morgan fingerprint density at radius 3 is 0.722 bits per heavy atom. The minimum Gasteiger partial charge on any atom is -0.462 e. The fraction of sp³-hybridized carbons (Fsp3) is 0.955. The summed E-state index contributed by atoms with van der Waals surface area (Å²) in [6.07, 6.45) is 62.4. The maximum atomic E-state index is 12.9. The summed E-state index contributed by atoms with van der Waals surface area (Å²) in [6, 6.07) is 0. The second-order valence-corrected chi connectivity index (χ2v) is 24.0. The lowest BCUT2D eigenvalue weighted by molar-refractivity contribution is -0.167. The Bertz CT molecular complexity index is 1120. The lowest BCUT2D eigenvalue weighted by Crippen LogP contribution is -2.30. The second-order valence-electron chi connectivity index (χ2n) is 24.0. The van der Waals surface area contributed by atoms with Gasteiger partial charge < -0.3 is 14.2 Å². The van der Waals surface area contributed by atoms with E-state index >= 15 is 0 Å². The summed E-state index contributed by atoms with van der Waals surface area (Å²) in [5, 5.41) is 0. The molecule has 0 aromatic rings. The molecule has 0 aliphatic carbocycles. The zero-order valence-corrected chi connectivity index (χ0v) is 49.7. The molecule has 0 bridgehead atoms. The molecule has 0 saturated carbocycles. The van der Waals surface area contributed by atoms with Crippen molar-refractivity contribution in [2.45, 2.75) is 375 Å². The number of unbranched alkanes of at least 4 members (excludes halogenated alkanes) is 41. The zero-order valence-electron chi connectivity index (χ0n) is 49.7. The third-order valence-electron chi connectivity index (χ3n) is 15.5. The van der Waals surface area contributed by atoms with E-state index < -0.39 is 6.10 Å². The lowest BCUT2D eigenvalue weighted by Gasteiger charge is -2.18. The number of hydrogen-bond donors (Lipinski definition) is 0. The topological polar surface area (TPSA) is 78.9 Å². The van der Waals surface area contributed by atoms with Crippen molar-refractivity contribution in [3.63, 3.8) is 0 Å². The molecule has 0 amide bonds. The number of rotatable bonds is 59. The summed E-state index contributed by atoms with van der Waals surface area (Å²) >= 11 is 0. The molecule has 1 unspecified atom stereocenters. The molecule has 0 aliphatic rings. The molecule has 0 N–H and O–H groups in total. The predicted molar refractivity (Wildman–Crippen MR) is 312 cm³/mol. The molecule has 0 aromatic carbocycles. The Morgan fingerprint density at radius 2 is 0.486 bits per heavy atom. The average molecular weight is 1020 g/mol. The molecule has 0 fully saturated rings. The second kappa shape index (κ2) is 57.1. The Kier molecular flexibility index (Phi) is 55.9. The van der Waals surface area contributed by atoms with Crippen LogP contribution in [0.1, 0.15) is 369 Å². The molecule has 428 valence electrons. The number of hydrogen-bond acceptors (Lipinski definition) is 6. The number of carbonyl (C=O) groups is 3. The standard InChI is InChI=1S/C66H128O6/c1-7-62(6)54-48-42-36-30-24-18-12-10-8-9-11-13-19-25-31-37-43-49-55-64(67)70-58-63(72-66(69)57-51-45-39-33-27-21-15-17-23-29-35-41-47-53-61(4)5)59-71-65(68)56-50-44-38-32-26-20-14-16-22-28-34-40-46-52-60(2)3/h60-63H,7-59H2,1-6H3/t62?,63-/m1/s1. The molecule has 6 heteroatoms. The van der Waals surface area contributed by atoms with Crippen LogP contribution in [0.4, 0.5) is 0 Å². The number of esters is 3. The summed E-state index contributed by atoms with van der Waals surface area (Å²) in [5.74, 6) is 1.75. The molecule has 0 aromatic heterocycles. The molecule has 0 rings (SSSR count). The minimum absolute atomic E-state index is 0.0625. The van der Waals surface area contributed by atoms with Gasteiger partial charge in [-0.05, 0) is 37.0 Å². The highest BCUT2D eigenvalue weighted by Crippen LogP contribution is 2.20. The summed E-state index contributed by atoms with van der Waals surface area (Å²) in [7, 11) is 0. The van der Waals surface area contributed by atoms with Gasteiger partial charge in [-0.2, -0.15) is 0 Å². The first kappa shape index (κ1) is 70.4. The van der Waals surface area contributed by atoms with Crippen LogP contribution in [0.5, 0.6) is 0 Å². The van der Waals surface area contributed by atoms with E-state index in [2.05, 4.69) is 41.5 Å². The fourth-order valence-electron chi connectivity index (χ4n) is 10.2. The van der Waals surface area contributed by atoms with Gasteiger partial charge in [-0.1, -0.05) is 330 Å². The van der Waals surface area contributed by atoms with Crippen molar-refractivity contribution in [2.24, 2.45) is 17.8 Å². The predicted octanol–water partition coefficient (Wildman–Crippen LogP) is 21.8. The van der Waals surface area contributed by atoms with Gasteiger partial charge in [-0.15, -0.1) is 0 Å². The largest absolute Gasteiger partial charge is 0.462 e. The third kappa shape index (κ3) is 57.7. The molecule has 6 nitrogen and oxygen atoms in total. The quantitative estimate of drug-likeness (QED) is 0.0343. The average Bonchev–Trinajstić information content (AvgIpc) is 3.36. The van der Waals surface area contributed by atoms with Crippen molar-refractivity contribution in [2.75, 3.05) is 13.2 Å². The van der Waals surface area contributed by atoms with E-state index in [0.717, 1.165) is 75.5 Å². The summed E-state index contributed by atoms with van der Waals surface area (Å²) in [6.45, 7) is 13.8. The van der Waals surface area contributed by atoms with Crippen molar-refractivity contribution in [1.29, 1.82) is 0 Å². The minimum atomic E-state index is -0.765. The Hall–Kier alpha value is -1.59. The summed E-state index contributed by atoms with van der Waals surface area (Å²) in [4.78, 5) is 38.3. The molecular weight excluding hydrogens is 889 g/mol. The Balaban J connectivity index is 4.26. The molecule has 0 aliphatic heterocycles. The van der Waals surface area contributed by atoms with Crippen LogP contribution in [0.3, 0.4) is 0 Å². The van der Waals surface area contributed by atoms with E-state index in [4.69, 9.17) is 14.2 Å². The van der Waals surface area contributed by atoms with Crippen LogP contribution < -0.4 is 0 Å². The Labute approximate surface area is 450 Å². The van der Waals surface area contributed by atoms with Crippen LogP contribution in [-0.2, 0) is 28.6 Å². The monoisotopic (exact) mass is 1020 g/mol. The maximum Gasteiger partial charge on any atom is 0.306 e. The first-order valence-electron chi connectivity index (χ1n) is 32.6. The van der Waals surface area contributed by atoms with Gasteiger partial charge in [0.1, 0.15) is 13.2 Å². The molecule has 0 spiro atoms. The van der Waals surface area contributed by atoms with Crippen molar-refractivity contribution in [3.05, 3.63) is 0 Å². The molecule has 2 atom stereocenters. The first-order valence-corrected chi connectivity index (χ1v) is 32.6. The maximum absolute atomic E-state index is 12.9. The van der Waals surface area contributed by atoms with E-state index in [-0.39, 0.29) is 31.1 Å². The van der Waals surface area contributed by atoms with E-state index in [0.29, 0.717) is 19.3 Å². The van der Waals surface area contributed by atoms with E-state index in [1.807, 2.05) is 0 Å². The molecule has 0 heterocycles. The van der Waals surface area contributed by atoms with E-state index in [1.54, 1.807) is 0 Å². The highest BCUT2D eigenvalue weighted by atomic mass is 16.6. The SMILES string of the molecule is CCC(C)CCCCCCCCCCCCCCCCCCCCC(=O)OC[C@H](COC(=O)CCCCCCCCCCCCCCCC(C)C)OC(=O)CCCCCCCCCCCCCCCC(C)C. The van der Waals surface area contributed by atoms with Gasteiger partial charge in [0.2, 0.25) is 0 Å². The van der Waals surface area contributed by atoms with Gasteiger partial charge in [-0.25, -0.2) is 0 Å². The van der Waals surface area contributed by atoms with Crippen LogP contribution in [0.2, 0.25) is 0 Å². The summed E-state index contributed by atoms with van der Waals surface area (Å²) in [5.41, 5.74) is 0. The summed E-state index contributed by atoms with van der Waals surface area (Å²) < 4.78 is 17.0. The van der Waals surface area contributed by atoms with Crippen LogP contribution in [0, 0.1) is 17.8 Å².